The molecule has 1 aromatic rings. The molecule has 1 saturated heterocycles. The predicted octanol–water partition coefficient (Wildman–Crippen LogP) is 0.558. The molecule has 122 valence electrons. The van der Waals surface area contributed by atoms with Crippen LogP contribution in [0.4, 0.5) is 5.95 Å². The van der Waals surface area contributed by atoms with Crippen LogP contribution >= 0.6 is 0 Å². The van der Waals surface area contributed by atoms with E-state index in [2.05, 4.69) is 20.7 Å². The molecule has 1 aliphatic heterocycles. The summed E-state index contributed by atoms with van der Waals surface area (Å²) in [6.07, 6.45) is 2.92. The highest BCUT2D eigenvalue weighted by Gasteiger charge is 2.33. The zero-order valence-electron chi connectivity index (χ0n) is 13.3. The third kappa shape index (κ3) is 4.03. The Morgan fingerprint density at radius 2 is 2.09 bits per heavy atom. The Morgan fingerprint density at radius 1 is 1.41 bits per heavy atom. The van der Waals surface area contributed by atoms with E-state index in [1.54, 1.807) is 24.9 Å². The van der Waals surface area contributed by atoms with Crippen LogP contribution in [0.5, 0.6) is 0 Å². The van der Waals surface area contributed by atoms with Crippen molar-refractivity contribution in [3.8, 4) is 0 Å². The highest BCUT2D eigenvalue weighted by molar-refractivity contribution is 5.99. The Labute approximate surface area is 129 Å². The van der Waals surface area contributed by atoms with E-state index in [4.69, 9.17) is 4.74 Å². The summed E-state index contributed by atoms with van der Waals surface area (Å²) in [4.78, 5) is 28.5. The van der Waals surface area contributed by atoms with Crippen LogP contribution in [0.25, 0.3) is 0 Å². The molecule has 1 fully saturated rings. The molecule has 0 unspecified atom stereocenters. The number of aromatic nitrogens is 3. The van der Waals surface area contributed by atoms with Gasteiger partial charge in [-0.3, -0.25) is 19.6 Å². The lowest BCUT2D eigenvalue weighted by molar-refractivity contribution is -0.133. The largest absolute Gasteiger partial charge is 0.381 e. The lowest BCUT2D eigenvalue weighted by Gasteiger charge is -2.28. The quantitative estimate of drug-likeness (QED) is 0.828. The smallest absolute Gasteiger partial charge is 0.251 e. The van der Waals surface area contributed by atoms with Gasteiger partial charge in [0, 0.05) is 25.7 Å². The molecule has 0 saturated carbocycles. The van der Waals surface area contributed by atoms with E-state index in [1.807, 2.05) is 6.92 Å². The molecule has 2 rings (SSSR count). The summed E-state index contributed by atoms with van der Waals surface area (Å²) in [6.45, 7) is 7.10. The molecule has 0 spiro atoms. The van der Waals surface area contributed by atoms with Crippen molar-refractivity contribution in [2.45, 2.75) is 45.7 Å². The van der Waals surface area contributed by atoms with Gasteiger partial charge in [0.2, 0.25) is 11.9 Å². The first kappa shape index (κ1) is 16.4. The first-order chi connectivity index (χ1) is 10.4. The fourth-order valence-corrected chi connectivity index (χ4v) is 2.19. The second kappa shape index (κ2) is 6.87. The third-order valence-corrected chi connectivity index (χ3v) is 3.68. The summed E-state index contributed by atoms with van der Waals surface area (Å²) in [5, 5.41) is 9.52. The van der Waals surface area contributed by atoms with E-state index in [0.29, 0.717) is 32.6 Å². The van der Waals surface area contributed by atoms with Crippen molar-refractivity contribution in [2.75, 3.05) is 18.5 Å². The maximum absolute atomic E-state index is 12.3. The number of nitrogens with one attached hydrogen (secondary N) is 2. The van der Waals surface area contributed by atoms with Gasteiger partial charge >= 0.3 is 0 Å². The molecule has 0 bridgehead atoms. The monoisotopic (exact) mass is 309 g/mol. The number of hydrogen-bond acceptors (Lipinski definition) is 5. The molecule has 2 heterocycles. The minimum absolute atomic E-state index is 0.0988. The number of ether oxygens (including phenoxy) is 1. The Morgan fingerprint density at radius 3 is 2.68 bits per heavy atom. The second-order valence-corrected chi connectivity index (χ2v) is 5.88. The van der Waals surface area contributed by atoms with E-state index in [-0.39, 0.29) is 23.7 Å². The molecule has 0 radical (unpaired) electrons. The van der Waals surface area contributed by atoms with Gasteiger partial charge in [0.25, 0.3) is 5.91 Å². The van der Waals surface area contributed by atoms with E-state index in [0.717, 1.165) is 0 Å². The van der Waals surface area contributed by atoms with Crippen LogP contribution in [0.1, 0.15) is 33.6 Å². The zero-order chi connectivity index (χ0) is 16.2. The standard InChI is InChI=1S/C14H23N5O3/c1-4-19-9-15-13(18-19)16-12(21)14(2,3)17-11(20)10-5-7-22-8-6-10/h9-10H,4-8H2,1-3H3,(H,17,20)(H,16,18,21). The number of rotatable bonds is 5. The molecule has 8 heteroatoms. The average molecular weight is 309 g/mol. The Hall–Kier alpha value is -1.96. The van der Waals surface area contributed by atoms with Crippen molar-refractivity contribution in [1.29, 1.82) is 0 Å². The van der Waals surface area contributed by atoms with Gasteiger partial charge in [-0.2, -0.15) is 0 Å². The van der Waals surface area contributed by atoms with Crippen LogP contribution in [0.15, 0.2) is 6.33 Å². The van der Waals surface area contributed by atoms with Gasteiger partial charge in [-0.25, -0.2) is 4.98 Å². The van der Waals surface area contributed by atoms with Crippen LogP contribution in [0.3, 0.4) is 0 Å². The molecule has 0 atom stereocenters. The summed E-state index contributed by atoms with van der Waals surface area (Å²) >= 11 is 0. The van der Waals surface area contributed by atoms with Crippen LogP contribution in [0, 0.1) is 5.92 Å². The molecular formula is C14H23N5O3. The zero-order valence-corrected chi connectivity index (χ0v) is 13.3. The van der Waals surface area contributed by atoms with Crippen molar-refractivity contribution < 1.29 is 14.3 Å². The summed E-state index contributed by atoms with van der Waals surface area (Å²) in [5.41, 5.74) is -1.03. The normalized spacial score (nSPS) is 16.3. The lowest BCUT2D eigenvalue weighted by atomic mass is 9.96. The first-order valence-electron chi connectivity index (χ1n) is 7.53. The molecule has 8 nitrogen and oxygen atoms in total. The highest BCUT2D eigenvalue weighted by Crippen LogP contribution is 2.16. The summed E-state index contributed by atoms with van der Waals surface area (Å²) in [6, 6.07) is 0. The number of hydrogen-bond donors (Lipinski definition) is 2. The number of aryl methyl sites for hydroxylation is 1. The van der Waals surface area contributed by atoms with Crippen LogP contribution in [-0.2, 0) is 20.9 Å². The molecule has 22 heavy (non-hydrogen) atoms. The fraction of sp³-hybridized carbons (Fsp3) is 0.714. The van der Waals surface area contributed by atoms with E-state index >= 15 is 0 Å². The maximum atomic E-state index is 12.3. The lowest BCUT2D eigenvalue weighted by Crippen LogP contribution is -2.54. The van der Waals surface area contributed by atoms with Gasteiger partial charge in [-0.15, -0.1) is 5.10 Å². The van der Waals surface area contributed by atoms with Gasteiger partial charge in [0.05, 0.1) is 0 Å². The Bertz CT molecular complexity index is 534. The molecular weight excluding hydrogens is 286 g/mol. The van der Waals surface area contributed by atoms with E-state index < -0.39 is 5.54 Å². The van der Waals surface area contributed by atoms with Crippen molar-refractivity contribution >= 4 is 17.8 Å². The molecule has 0 aliphatic carbocycles. The number of carbonyl (C=O) groups excluding carboxylic acids is 2. The van der Waals surface area contributed by atoms with Crippen LogP contribution < -0.4 is 10.6 Å². The minimum Gasteiger partial charge on any atom is -0.381 e. The minimum atomic E-state index is -1.03. The average Bonchev–Trinajstić information content (AvgIpc) is 2.95. The number of anilines is 1. The summed E-state index contributed by atoms with van der Waals surface area (Å²) in [7, 11) is 0. The van der Waals surface area contributed by atoms with Gasteiger partial charge < -0.3 is 10.1 Å². The summed E-state index contributed by atoms with van der Waals surface area (Å²) < 4.78 is 6.86. The number of carbonyl (C=O) groups is 2. The Kier molecular flexibility index (Phi) is 5.12. The molecule has 2 amide bonds. The SMILES string of the molecule is CCn1cnc(NC(=O)C(C)(C)NC(=O)C2CCOCC2)n1. The topological polar surface area (TPSA) is 98.1 Å². The van der Waals surface area contributed by atoms with Crippen molar-refractivity contribution in [3.05, 3.63) is 6.33 Å². The number of nitrogens with zero attached hydrogens (tertiary/aromatic N) is 3. The molecule has 1 aromatic heterocycles. The molecule has 0 aromatic carbocycles. The van der Waals surface area contributed by atoms with Crippen molar-refractivity contribution in [1.82, 2.24) is 20.1 Å². The molecule has 2 N–H and O–H groups in total. The van der Waals surface area contributed by atoms with Gasteiger partial charge in [0.15, 0.2) is 0 Å². The predicted molar refractivity (Wildman–Crippen MR) is 80.1 cm³/mol. The fourth-order valence-electron chi connectivity index (χ4n) is 2.19. The summed E-state index contributed by atoms with van der Waals surface area (Å²) in [5.74, 6) is -0.323. The first-order valence-corrected chi connectivity index (χ1v) is 7.53. The van der Waals surface area contributed by atoms with Gasteiger partial charge in [-0.05, 0) is 33.6 Å². The Balaban J connectivity index is 1.93. The van der Waals surface area contributed by atoms with E-state index in [1.165, 1.54) is 0 Å². The van der Waals surface area contributed by atoms with Crippen molar-refractivity contribution in [2.24, 2.45) is 5.92 Å². The van der Waals surface area contributed by atoms with Crippen LogP contribution in [0.2, 0.25) is 0 Å². The van der Waals surface area contributed by atoms with Gasteiger partial charge in [0.1, 0.15) is 11.9 Å². The molecule has 1 aliphatic rings. The van der Waals surface area contributed by atoms with Crippen LogP contribution in [-0.4, -0.2) is 45.3 Å². The highest BCUT2D eigenvalue weighted by atomic mass is 16.5. The third-order valence-electron chi connectivity index (χ3n) is 3.68. The second-order valence-electron chi connectivity index (χ2n) is 5.88. The van der Waals surface area contributed by atoms with E-state index in [9.17, 15) is 9.59 Å². The maximum Gasteiger partial charge on any atom is 0.251 e. The van der Waals surface area contributed by atoms with Gasteiger partial charge in [-0.1, -0.05) is 0 Å². The number of amides is 2. The van der Waals surface area contributed by atoms with Crippen molar-refractivity contribution in [3.63, 3.8) is 0 Å².